The SMILES string of the molecule is O=C(CCc1ccccc1)N=Nc1ccc(Cl)cc1Cl. The number of rotatable bonds is 4. The van der Waals surface area contributed by atoms with Crippen molar-refractivity contribution in [2.75, 3.05) is 0 Å². The normalized spacial score (nSPS) is 10.9. The van der Waals surface area contributed by atoms with E-state index in [0.717, 1.165) is 5.56 Å². The number of carbonyl (C=O) groups excluding carboxylic acids is 1. The van der Waals surface area contributed by atoms with Gasteiger partial charge in [-0.3, -0.25) is 4.79 Å². The second kappa shape index (κ2) is 7.17. The van der Waals surface area contributed by atoms with Crippen LogP contribution in [-0.4, -0.2) is 5.91 Å². The van der Waals surface area contributed by atoms with Crippen molar-refractivity contribution in [2.24, 2.45) is 10.2 Å². The lowest BCUT2D eigenvalue weighted by Gasteiger charge is -1.98. The van der Waals surface area contributed by atoms with Crippen LogP contribution in [0.1, 0.15) is 12.0 Å². The summed E-state index contributed by atoms with van der Waals surface area (Å²) in [6, 6.07) is 14.6. The minimum atomic E-state index is -0.278. The van der Waals surface area contributed by atoms with Gasteiger partial charge in [0.2, 0.25) is 0 Å². The molecule has 2 aromatic carbocycles. The predicted molar refractivity (Wildman–Crippen MR) is 80.7 cm³/mol. The summed E-state index contributed by atoms with van der Waals surface area (Å²) in [5.41, 5.74) is 1.53. The van der Waals surface area contributed by atoms with Gasteiger partial charge in [0.1, 0.15) is 5.69 Å². The summed E-state index contributed by atoms with van der Waals surface area (Å²) in [5, 5.41) is 8.39. The molecule has 0 spiro atoms. The van der Waals surface area contributed by atoms with Crippen LogP contribution in [0.3, 0.4) is 0 Å². The highest BCUT2D eigenvalue weighted by molar-refractivity contribution is 6.36. The van der Waals surface area contributed by atoms with E-state index < -0.39 is 0 Å². The van der Waals surface area contributed by atoms with Crippen molar-refractivity contribution in [2.45, 2.75) is 12.8 Å². The van der Waals surface area contributed by atoms with E-state index in [1.54, 1.807) is 18.2 Å². The summed E-state index contributed by atoms with van der Waals surface area (Å²) >= 11 is 11.7. The molecule has 2 aromatic rings. The highest BCUT2D eigenvalue weighted by Crippen LogP contribution is 2.28. The molecule has 0 saturated carbocycles. The van der Waals surface area contributed by atoms with E-state index in [1.165, 1.54) is 0 Å². The molecule has 0 bridgehead atoms. The van der Waals surface area contributed by atoms with E-state index in [4.69, 9.17) is 23.2 Å². The first-order valence-electron chi connectivity index (χ1n) is 6.09. The third-order valence-corrected chi connectivity index (χ3v) is 3.19. The number of nitrogens with zero attached hydrogens (tertiary/aromatic N) is 2. The van der Waals surface area contributed by atoms with Crippen LogP contribution in [-0.2, 0) is 11.2 Å². The van der Waals surface area contributed by atoms with E-state index in [1.807, 2.05) is 30.3 Å². The van der Waals surface area contributed by atoms with Crippen molar-refractivity contribution >= 4 is 34.8 Å². The fraction of sp³-hybridized carbons (Fsp3) is 0.133. The van der Waals surface area contributed by atoms with E-state index >= 15 is 0 Å². The molecule has 0 fully saturated rings. The maximum absolute atomic E-state index is 11.6. The van der Waals surface area contributed by atoms with Crippen LogP contribution >= 0.6 is 23.2 Å². The van der Waals surface area contributed by atoms with Crippen molar-refractivity contribution in [3.8, 4) is 0 Å². The Kier molecular flexibility index (Phi) is 5.27. The summed E-state index contributed by atoms with van der Waals surface area (Å²) in [6.45, 7) is 0. The van der Waals surface area contributed by atoms with Crippen molar-refractivity contribution in [3.05, 3.63) is 64.1 Å². The second-order valence-corrected chi connectivity index (χ2v) is 5.02. The Hall–Kier alpha value is -1.71. The monoisotopic (exact) mass is 306 g/mol. The van der Waals surface area contributed by atoms with Gasteiger partial charge in [0.05, 0.1) is 5.02 Å². The fourth-order valence-electron chi connectivity index (χ4n) is 1.62. The van der Waals surface area contributed by atoms with Gasteiger partial charge in [-0.05, 0) is 30.2 Å². The Morgan fingerprint density at radius 3 is 2.50 bits per heavy atom. The average Bonchev–Trinajstić information content (AvgIpc) is 2.45. The standard InChI is InChI=1S/C15H12Cl2N2O/c16-12-7-8-14(13(17)10-12)18-19-15(20)9-6-11-4-2-1-3-5-11/h1-5,7-8,10H,6,9H2. The minimum absolute atomic E-state index is 0.278. The largest absolute Gasteiger partial charge is 0.271 e. The molecule has 0 aliphatic heterocycles. The van der Waals surface area contributed by atoms with Crippen LogP contribution < -0.4 is 0 Å². The van der Waals surface area contributed by atoms with Crippen LogP contribution in [0.2, 0.25) is 10.0 Å². The number of carbonyl (C=O) groups is 1. The molecule has 0 radical (unpaired) electrons. The van der Waals surface area contributed by atoms with Crippen LogP contribution in [0.25, 0.3) is 0 Å². The Bertz CT molecular complexity index is 627. The molecular weight excluding hydrogens is 295 g/mol. The topological polar surface area (TPSA) is 41.8 Å². The molecule has 5 heteroatoms. The van der Waals surface area contributed by atoms with Crippen molar-refractivity contribution in [3.63, 3.8) is 0 Å². The number of azo groups is 1. The zero-order valence-corrected chi connectivity index (χ0v) is 12.1. The number of hydrogen-bond acceptors (Lipinski definition) is 2. The summed E-state index contributed by atoms with van der Waals surface area (Å²) < 4.78 is 0. The molecular formula is C15H12Cl2N2O. The molecule has 102 valence electrons. The quantitative estimate of drug-likeness (QED) is 0.712. The van der Waals surface area contributed by atoms with Gasteiger partial charge < -0.3 is 0 Å². The maximum atomic E-state index is 11.6. The molecule has 0 aliphatic carbocycles. The van der Waals surface area contributed by atoms with E-state index in [-0.39, 0.29) is 5.91 Å². The van der Waals surface area contributed by atoms with Gasteiger partial charge in [-0.25, -0.2) is 0 Å². The van der Waals surface area contributed by atoms with Gasteiger partial charge in [0, 0.05) is 11.4 Å². The van der Waals surface area contributed by atoms with Crippen molar-refractivity contribution in [1.82, 2.24) is 0 Å². The maximum Gasteiger partial charge on any atom is 0.265 e. The zero-order chi connectivity index (χ0) is 14.4. The molecule has 20 heavy (non-hydrogen) atoms. The molecule has 0 unspecified atom stereocenters. The number of amides is 1. The molecule has 3 nitrogen and oxygen atoms in total. The third kappa shape index (κ3) is 4.44. The number of aryl methyl sites for hydroxylation is 1. The van der Waals surface area contributed by atoms with Crippen LogP contribution in [0.15, 0.2) is 58.8 Å². The van der Waals surface area contributed by atoms with Gasteiger partial charge in [-0.15, -0.1) is 10.2 Å². The number of benzene rings is 2. The zero-order valence-electron chi connectivity index (χ0n) is 10.6. The van der Waals surface area contributed by atoms with E-state index in [9.17, 15) is 4.79 Å². The second-order valence-electron chi connectivity index (χ2n) is 4.18. The highest BCUT2D eigenvalue weighted by Gasteiger charge is 2.03. The van der Waals surface area contributed by atoms with Gasteiger partial charge in [0.25, 0.3) is 5.91 Å². The van der Waals surface area contributed by atoms with E-state index in [0.29, 0.717) is 28.6 Å². The summed E-state index contributed by atoms with van der Waals surface area (Å²) in [5.74, 6) is -0.278. The molecule has 0 saturated heterocycles. The average molecular weight is 307 g/mol. The summed E-state index contributed by atoms with van der Waals surface area (Å²) in [6.07, 6.45) is 0.964. The highest BCUT2D eigenvalue weighted by atomic mass is 35.5. The van der Waals surface area contributed by atoms with Crippen LogP contribution in [0.5, 0.6) is 0 Å². The first kappa shape index (κ1) is 14.7. The molecule has 0 aliphatic rings. The Morgan fingerprint density at radius 2 is 1.80 bits per heavy atom. The van der Waals surface area contributed by atoms with Gasteiger partial charge in [0.15, 0.2) is 0 Å². The molecule has 2 rings (SSSR count). The van der Waals surface area contributed by atoms with Crippen molar-refractivity contribution in [1.29, 1.82) is 0 Å². The lowest BCUT2D eigenvalue weighted by atomic mass is 10.1. The Labute approximate surface area is 127 Å². The summed E-state index contributed by atoms with van der Waals surface area (Å²) in [7, 11) is 0. The van der Waals surface area contributed by atoms with E-state index in [2.05, 4.69) is 10.2 Å². The molecule has 0 aromatic heterocycles. The Balaban J connectivity index is 1.92. The van der Waals surface area contributed by atoms with Crippen LogP contribution in [0, 0.1) is 0 Å². The summed E-state index contributed by atoms with van der Waals surface area (Å²) in [4.78, 5) is 11.6. The van der Waals surface area contributed by atoms with Gasteiger partial charge in [-0.1, -0.05) is 53.5 Å². The van der Waals surface area contributed by atoms with Gasteiger partial charge in [-0.2, -0.15) is 0 Å². The molecule has 0 heterocycles. The molecule has 1 amide bonds. The minimum Gasteiger partial charge on any atom is -0.271 e. The molecule has 0 N–H and O–H groups in total. The lowest BCUT2D eigenvalue weighted by Crippen LogP contribution is -1.95. The number of halogens is 2. The molecule has 0 atom stereocenters. The first-order chi connectivity index (χ1) is 9.65. The van der Waals surface area contributed by atoms with Crippen LogP contribution in [0.4, 0.5) is 5.69 Å². The third-order valence-electron chi connectivity index (χ3n) is 2.65. The van der Waals surface area contributed by atoms with Gasteiger partial charge >= 0.3 is 0 Å². The smallest absolute Gasteiger partial charge is 0.265 e. The number of hydrogen-bond donors (Lipinski definition) is 0. The van der Waals surface area contributed by atoms with Crippen molar-refractivity contribution < 1.29 is 4.79 Å². The predicted octanol–water partition coefficient (Wildman–Crippen LogP) is 5.24. The lowest BCUT2D eigenvalue weighted by molar-refractivity contribution is -0.118. The fourth-order valence-corrected chi connectivity index (χ4v) is 2.06. The first-order valence-corrected chi connectivity index (χ1v) is 6.84. The Morgan fingerprint density at radius 1 is 1.05 bits per heavy atom.